The molecule has 0 aromatic carbocycles. The predicted molar refractivity (Wildman–Crippen MR) is 68.8 cm³/mol. The van der Waals surface area contributed by atoms with E-state index in [0.29, 0.717) is 13.0 Å². The van der Waals surface area contributed by atoms with Crippen LogP contribution in [0.2, 0.25) is 0 Å². The van der Waals surface area contributed by atoms with E-state index in [0.717, 1.165) is 17.3 Å². The molecular weight excluding hydrogens is 238 g/mol. The van der Waals surface area contributed by atoms with Gasteiger partial charge >= 0.3 is 0 Å². The maximum absolute atomic E-state index is 11.8. The average Bonchev–Trinajstić information content (AvgIpc) is 2.70. The van der Waals surface area contributed by atoms with Gasteiger partial charge in [-0.1, -0.05) is 0 Å². The maximum atomic E-state index is 11.8. The van der Waals surface area contributed by atoms with Gasteiger partial charge in [-0.2, -0.15) is 11.8 Å². The van der Waals surface area contributed by atoms with Gasteiger partial charge in [-0.05, 0) is 25.4 Å². The van der Waals surface area contributed by atoms with Crippen molar-refractivity contribution in [1.82, 2.24) is 14.9 Å². The molecule has 17 heavy (non-hydrogen) atoms. The molecule has 0 bridgehead atoms. The van der Waals surface area contributed by atoms with E-state index in [2.05, 4.69) is 9.97 Å². The molecule has 6 heteroatoms. The zero-order valence-electron chi connectivity index (χ0n) is 10.4. The minimum Gasteiger partial charge on any atom is -0.383 e. The highest BCUT2D eigenvalue weighted by Crippen LogP contribution is 2.06. The Hall–Kier alpha value is -1.01. The number of aryl methyl sites for hydroxylation is 1. The van der Waals surface area contributed by atoms with Crippen molar-refractivity contribution in [2.75, 3.05) is 19.1 Å². The number of H-pyrrole nitrogens is 1. The van der Waals surface area contributed by atoms with Crippen LogP contribution in [0.3, 0.4) is 0 Å². The van der Waals surface area contributed by atoms with Gasteiger partial charge in [-0.3, -0.25) is 4.79 Å². The van der Waals surface area contributed by atoms with E-state index in [-0.39, 0.29) is 5.91 Å². The molecule has 1 aromatic rings. The minimum absolute atomic E-state index is 0.256. The predicted octanol–water partition coefficient (Wildman–Crippen LogP) is 0.791. The summed E-state index contributed by atoms with van der Waals surface area (Å²) in [6.07, 6.45) is 3.25. The first-order valence-electron chi connectivity index (χ1n) is 5.47. The summed E-state index contributed by atoms with van der Waals surface area (Å²) in [5, 5.41) is 9.67. The average molecular weight is 257 g/mol. The largest absolute Gasteiger partial charge is 0.383 e. The molecule has 0 radical (unpaired) electrons. The molecular formula is C11H19N3O2S. The van der Waals surface area contributed by atoms with Crippen molar-refractivity contribution in [2.24, 2.45) is 0 Å². The SMILES string of the molecule is CSCC[C@@H](O)C(=O)N(C)Cc1ncc(C)[nH]1. The van der Waals surface area contributed by atoms with Gasteiger partial charge in [0, 0.05) is 18.9 Å². The lowest BCUT2D eigenvalue weighted by Crippen LogP contribution is -2.36. The van der Waals surface area contributed by atoms with Crippen molar-refractivity contribution in [3.63, 3.8) is 0 Å². The minimum atomic E-state index is -0.913. The van der Waals surface area contributed by atoms with Crippen molar-refractivity contribution in [3.8, 4) is 0 Å². The molecule has 0 saturated carbocycles. The van der Waals surface area contributed by atoms with E-state index in [4.69, 9.17) is 0 Å². The normalized spacial score (nSPS) is 12.5. The van der Waals surface area contributed by atoms with Gasteiger partial charge in [0.2, 0.25) is 0 Å². The Morgan fingerprint density at radius 2 is 2.41 bits per heavy atom. The van der Waals surface area contributed by atoms with E-state index in [1.807, 2.05) is 13.2 Å². The van der Waals surface area contributed by atoms with Crippen molar-refractivity contribution in [3.05, 3.63) is 17.7 Å². The number of aromatic amines is 1. The fraction of sp³-hybridized carbons (Fsp3) is 0.636. The summed E-state index contributed by atoms with van der Waals surface area (Å²) >= 11 is 1.62. The number of aromatic nitrogens is 2. The third-order valence-electron chi connectivity index (χ3n) is 2.40. The molecule has 0 aliphatic rings. The third kappa shape index (κ3) is 4.40. The van der Waals surface area contributed by atoms with Crippen LogP contribution in [0.1, 0.15) is 17.9 Å². The molecule has 0 aliphatic carbocycles. The van der Waals surface area contributed by atoms with Crippen LogP contribution in [0.4, 0.5) is 0 Å². The topological polar surface area (TPSA) is 69.2 Å². The first kappa shape index (κ1) is 14.1. The second kappa shape index (κ2) is 6.66. The molecule has 1 rings (SSSR count). The van der Waals surface area contributed by atoms with E-state index in [1.54, 1.807) is 25.0 Å². The highest BCUT2D eigenvalue weighted by Gasteiger charge is 2.19. The molecule has 1 amide bonds. The number of hydrogen-bond donors (Lipinski definition) is 2. The van der Waals surface area contributed by atoms with Crippen molar-refractivity contribution in [1.29, 1.82) is 0 Å². The van der Waals surface area contributed by atoms with Crippen LogP contribution in [0, 0.1) is 6.92 Å². The van der Waals surface area contributed by atoms with Crippen LogP contribution in [0.25, 0.3) is 0 Å². The summed E-state index contributed by atoms with van der Waals surface area (Å²) < 4.78 is 0. The number of nitrogens with zero attached hydrogens (tertiary/aromatic N) is 2. The Bertz CT molecular complexity index is 367. The number of nitrogens with one attached hydrogen (secondary N) is 1. The van der Waals surface area contributed by atoms with E-state index in [1.165, 1.54) is 4.90 Å². The standard InChI is InChI=1S/C11H19N3O2S/c1-8-6-12-10(13-8)7-14(2)11(16)9(15)4-5-17-3/h6,9,15H,4-5,7H2,1-3H3,(H,12,13)/t9-/m1/s1. The Kier molecular flexibility index (Phi) is 5.50. The maximum Gasteiger partial charge on any atom is 0.251 e. The number of likely N-dealkylation sites (N-methyl/N-ethyl adjacent to an activating group) is 1. The van der Waals surface area contributed by atoms with Gasteiger partial charge < -0.3 is 15.0 Å². The Morgan fingerprint density at radius 1 is 1.71 bits per heavy atom. The number of carbonyl (C=O) groups is 1. The number of amides is 1. The Labute approximate surface area is 106 Å². The van der Waals surface area contributed by atoms with E-state index in [9.17, 15) is 9.90 Å². The van der Waals surface area contributed by atoms with Gasteiger partial charge in [0.15, 0.2) is 0 Å². The van der Waals surface area contributed by atoms with Crippen LogP contribution in [-0.4, -0.2) is 51.0 Å². The second-order valence-electron chi connectivity index (χ2n) is 4.00. The first-order chi connectivity index (χ1) is 8.04. The van der Waals surface area contributed by atoms with Gasteiger partial charge in [-0.25, -0.2) is 4.98 Å². The summed E-state index contributed by atoms with van der Waals surface area (Å²) in [4.78, 5) is 20.5. The number of thioether (sulfide) groups is 1. The number of rotatable bonds is 6. The zero-order valence-corrected chi connectivity index (χ0v) is 11.3. The molecule has 1 aromatic heterocycles. The highest BCUT2D eigenvalue weighted by atomic mass is 32.2. The lowest BCUT2D eigenvalue weighted by Gasteiger charge is -2.19. The summed E-state index contributed by atoms with van der Waals surface area (Å²) in [6, 6.07) is 0. The lowest BCUT2D eigenvalue weighted by atomic mass is 10.2. The van der Waals surface area contributed by atoms with Crippen LogP contribution in [-0.2, 0) is 11.3 Å². The molecule has 1 heterocycles. The van der Waals surface area contributed by atoms with E-state index < -0.39 is 6.10 Å². The number of carbonyl (C=O) groups excluding carboxylic acids is 1. The number of hydrogen-bond acceptors (Lipinski definition) is 4. The van der Waals surface area contributed by atoms with Crippen molar-refractivity contribution >= 4 is 17.7 Å². The molecule has 0 aliphatic heterocycles. The summed E-state index contributed by atoms with van der Waals surface area (Å²) in [6.45, 7) is 2.30. The Morgan fingerprint density at radius 3 is 2.94 bits per heavy atom. The van der Waals surface area contributed by atoms with Crippen LogP contribution >= 0.6 is 11.8 Å². The van der Waals surface area contributed by atoms with Gasteiger partial charge in [0.1, 0.15) is 11.9 Å². The Balaban J connectivity index is 2.46. The quantitative estimate of drug-likeness (QED) is 0.790. The zero-order chi connectivity index (χ0) is 12.8. The number of aliphatic hydroxyl groups is 1. The molecule has 0 unspecified atom stereocenters. The molecule has 5 nitrogen and oxygen atoms in total. The summed E-state index contributed by atoms with van der Waals surface area (Å²) in [5.41, 5.74) is 0.962. The molecule has 0 saturated heterocycles. The summed E-state index contributed by atoms with van der Waals surface area (Å²) in [5.74, 6) is 1.25. The number of aliphatic hydroxyl groups excluding tert-OH is 1. The second-order valence-corrected chi connectivity index (χ2v) is 4.99. The molecule has 2 N–H and O–H groups in total. The lowest BCUT2D eigenvalue weighted by molar-refractivity contribution is -0.139. The van der Waals surface area contributed by atoms with Gasteiger partial charge in [0.05, 0.1) is 6.54 Å². The smallest absolute Gasteiger partial charge is 0.251 e. The molecule has 0 spiro atoms. The molecule has 1 atom stereocenters. The van der Waals surface area contributed by atoms with Gasteiger partial charge in [-0.15, -0.1) is 0 Å². The summed E-state index contributed by atoms with van der Waals surface area (Å²) in [7, 11) is 1.67. The first-order valence-corrected chi connectivity index (χ1v) is 6.86. The van der Waals surface area contributed by atoms with E-state index >= 15 is 0 Å². The third-order valence-corrected chi connectivity index (χ3v) is 3.04. The molecule has 96 valence electrons. The number of imidazole rings is 1. The van der Waals surface area contributed by atoms with Crippen LogP contribution in [0.5, 0.6) is 0 Å². The van der Waals surface area contributed by atoms with Crippen LogP contribution in [0.15, 0.2) is 6.20 Å². The van der Waals surface area contributed by atoms with Gasteiger partial charge in [0.25, 0.3) is 5.91 Å². The fourth-order valence-corrected chi connectivity index (χ4v) is 1.92. The molecule has 0 fully saturated rings. The van der Waals surface area contributed by atoms with Crippen LogP contribution < -0.4 is 0 Å². The monoisotopic (exact) mass is 257 g/mol. The fourth-order valence-electron chi connectivity index (χ4n) is 1.46. The van der Waals surface area contributed by atoms with Crippen molar-refractivity contribution in [2.45, 2.75) is 26.0 Å². The highest BCUT2D eigenvalue weighted by molar-refractivity contribution is 7.98. The van der Waals surface area contributed by atoms with Crippen molar-refractivity contribution < 1.29 is 9.90 Å².